The first-order valence-corrected chi connectivity index (χ1v) is 7.70. The van der Waals surface area contributed by atoms with E-state index < -0.39 is 11.2 Å². The molecule has 0 fully saturated rings. The Kier molecular flexibility index (Phi) is 6.12. The van der Waals surface area contributed by atoms with Crippen LogP contribution < -0.4 is 0 Å². The molecule has 2 rings (SSSR count). The van der Waals surface area contributed by atoms with Crippen molar-refractivity contribution in [3.63, 3.8) is 0 Å². The van der Waals surface area contributed by atoms with Crippen molar-refractivity contribution in [1.82, 2.24) is 0 Å². The number of hydrogen-bond donors (Lipinski definition) is 0. The summed E-state index contributed by atoms with van der Waals surface area (Å²) in [6.07, 6.45) is -0.181. The highest BCUT2D eigenvalue weighted by Crippen LogP contribution is 2.29. The molecule has 0 heterocycles. The molecule has 0 aromatic heterocycles. The Morgan fingerprint density at radius 1 is 0.913 bits per heavy atom. The molecule has 0 saturated carbocycles. The third-order valence-corrected chi connectivity index (χ3v) is 3.40. The molecule has 2 aromatic rings. The van der Waals surface area contributed by atoms with E-state index in [0.717, 1.165) is 11.1 Å². The second kappa shape index (κ2) is 8.30. The molecule has 3 nitrogen and oxygen atoms in total. The summed E-state index contributed by atoms with van der Waals surface area (Å²) < 4.78 is 5.12. The first kappa shape index (κ1) is 17.0. The average molecular weight is 329 g/mol. The summed E-state index contributed by atoms with van der Waals surface area (Å²) in [6.45, 7) is 1.96. The zero-order valence-electron chi connectivity index (χ0n) is 12.8. The Morgan fingerprint density at radius 2 is 1.39 bits per heavy atom. The van der Waals surface area contributed by atoms with Gasteiger partial charge in [0.25, 0.3) is 0 Å². The molecule has 118 valence electrons. The molecule has 2 aromatic carbocycles. The highest BCUT2D eigenvalue weighted by atomic mass is 35.5. The van der Waals surface area contributed by atoms with Gasteiger partial charge < -0.3 is 4.74 Å². The molecule has 23 heavy (non-hydrogen) atoms. The van der Waals surface area contributed by atoms with Gasteiger partial charge in [-0.05, 0) is 35.2 Å². The molecular formula is C19H17ClO3. The van der Waals surface area contributed by atoms with Gasteiger partial charge in [-0.2, -0.15) is 0 Å². The number of ether oxygens (including phenoxy) is 1. The predicted molar refractivity (Wildman–Crippen MR) is 91.0 cm³/mol. The third kappa shape index (κ3) is 4.54. The molecule has 0 unspecified atom stereocenters. The largest absolute Gasteiger partial charge is 0.463 e. The van der Waals surface area contributed by atoms with Crippen LogP contribution >= 0.6 is 11.6 Å². The second-order valence-corrected chi connectivity index (χ2v) is 5.26. The van der Waals surface area contributed by atoms with Crippen molar-refractivity contribution in [1.29, 1.82) is 0 Å². The van der Waals surface area contributed by atoms with Crippen molar-refractivity contribution in [3.8, 4) is 0 Å². The quantitative estimate of drug-likeness (QED) is 0.453. The summed E-state index contributed by atoms with van der Waals surface area (Å²) in [7, 11) is 0. The maximum absolute atomic E-state index is 12.4. The minimum atomic E-state index is -0.600. The lowest BCUT2D eigenvalue weighted by molar-refractivity contribution is -0.139. The summed E-state index contributed by atoms with van der Waals surface area (Å²) >= 11 is 5.55. The molecular weight excluding hydrogens is 312 g/mol. The fourth-order valence-corrected chi connectivity index (χ4v) is 2.48. The molecule has 0 atom stereocenters. The van der Waals surface area contributed by atoms with Gasteiger partial charge in [0.2, 0.25) is 5.24 Å². The van der Waals surface area contributed by atoms with Crippen LogP contribution in [0.3, 0.4) is 0 Å². The highest BCUT2D eigenvalue weighted by molar-refractivity contribution is 6.64. The summed E-state index contributed by atoms with van der Waals surface area (Å²) in [4.78, 5) is 23.8. The summed E-state index contributed by atoms with van der Waals surface area (Å²) in [5, 5.41) is -0.600. The van der Waals surface area contributed by atoms with Gasteiger partial charge in [0, 0.05) is 0 Å². The Morgan fingerprint density at radius 3 is 1.78 bits per heavy atom. The van der Waals surface area contributed by atoms with E-state index in [2.05, 4.69) is 0 Å². The lowest BCUT2D eigenvalue weighted by Crippen LogP contribution is -2.13. The van der Waals surface area contributed by atoms with Crippen LogP contribution in [0.4, 0.5) is 0 Å². The number of halogens is 1. The smallest absolute Gasteiger partial charge is 0.335 e. The number of rotatable bonds is 6. The first-order valence-electron chi connectivity index (χ1n) is 7.33. The van der Waals surface area contributed by atoms with Crippen LogP contribution in [0.2, 0.25) is 0 Å². The molecule has 0 bridgehead atoms. The lowest BCUT2D eigenvalue weighted by Gasteiger charge is -2.14. The van der Waals surface area contributed by atoms with Crippen LogP contribution in [-0.2, 0) is 14.3 Å². The molecule has 0 aliphatic carbocycles. The van der Waals surface area contributed by atoms with Crippen LogP contribution in [0.1, 0.15) is 24.5 Å². The van der Waals surface area contributed by atoms with Crippen LogP contribution in [0.5, 0.6) is 0 Å². The van der Waals surface area contributed by atoms with E-state index in [4.69, 9.17) is 16.3 Å². The minimum Gasteiger partial charge on any atom is -0.463 e. The topological polar surface area (TPSA) is 43.4 Å². The van der Waals surface area contributed by atoms with E-state index in [1.165, 1.54) is 0 Å². The first-order chi connectivity index (χ1) is 11.1. The van der Waals surface area contributed by atoms with Crippen LogP contribution in [0.15, 0.2) is 66.2 Å². The van der Waals surface area contributed by atoms with Gasteiger partial charge >= 0.3 is 5.97 Å². The standard InChI is InChI=1S/C19H17ClO3/c1-2-23-19(22)16(13-17(20)21)18(14-9-5-3-6-10-14)15-11-7-4-8-12-15/h3-12H,2,13H2,1H3. The SMILES string of the molecule is CCOC(=O)C(CC(=O)Cl)=C(c1ccccc1)c1ccccc1. The monoisotopic (exact) mass is 328 g/mol. The molecule has 0 saturated heterocycles. The molecule has 0 N–H and O–H groups in total. The van der Waals surface area contributed by atoms with E-state index in [1.807, 2.05) is 60.7 Å². The highest BCUT2D eigenvalue weighted by Gasteiger charge is 2.21. The van der Waals surface area contributed by atoms with Gasteiger partial charge in [-0.15, -0.1) is 0 Å². The molecule has 0 radical (unpaired) electrons. The van der Waals surface area contributed by atoms with Crippen LogP contribution in [0, 0.1) is 0 Å². The zero-order valence-corrected chi connectivity index (χ0v) is 13.5. The minimum absolute atomic E-state index is 0.181. The fraction of sp³-hybridized carbons (Fsp3) is 0.158. The zero-order chi connectivity index (χ0) is 16.7. The second-order valence-electron chi connectivity index (χ2n) is 4.84. The number of benzene rings is 2. The number of esters is 1. The van der Waals surface area contributed by atoms with Crippen molar-refractivity contribution >= 4 is 28.4 Å². The molecule has 4 heteroatoms. The van der Waals surface area contributed by atoms with Gasteiger partial charge in [-0.1, -0.05) is 60.7 Å². The molecule has 0 aliphatic heterocycles. The summed E-state index contributed by atoms with van der Waals surface area (Å²) in [5.74, 6) is -0.524. The van der Waals surface area contributed by atoms with E-state index in [1.54, 1.807) is 6.92 Å². The maximum Gasteiger partial charge on any atom is 0.335 e. The van der Waals surface area contributed by atoms with E-state index in [0.29, 0.717) is 5.57 Å². The maximum atomic E-state index is 12.4. The Hall–Kier alpha value is -2.39. The van der Waals surface area contributed by atoms with E-state index in [-0.39, 0.29) is 18.6 Å². The lowest BCUT2D eigenvalue weighted by atomic mass is 9.91. The van der Waals surface area contributed by atoms with Crippen LogP contribution in [-0.4, -0.2) is 17.8 Å². The van der Waals surface area contributed by atoms with Crippen molar-refractivity contribution in [2.45, 2.75) is 13.3 Å². The van der Waals surface area contributed by atoms with Gasteiger partial charge in [0.15, 0.2) is 0 Å². The fourth-order valence-electron chi connectivity index (χ4n) is 2.34. The summed E-state index contributed by atoms with van der Waals surface area (Å²) in [6, 6.07) is 18.9. The van der Waals surface area contributed by atoms with Crippen molar-refractivity contribution in [2.24, 2.45) is 0 Å². The Balaban J connectivity index is 2.68. The summed E-state index contributed by atoms with van der Waals surface area (Å²) in [5.41, 5.74) is 2.60. The van der Waals surface area contributed by atoms with E-state index in [9.17, 15) is 9.59 Å². The van der Waals surface area contributed by atoms with Crippen molar-refractivity contribution in [3.05, 3.63) is 77.4 Å². The molecule has 0 aliphatic rings. The van der Waals surface area contributed by atoms with Gasteiger partial charge in [-0.25, -0.2) is 4.79 Å². The number of hydrogen-bond acceptors (Lipinski definition) is 3. The van der Waals surface area contributed by atoms with Crippen molar-refractivity contribution in [2.75, 3.05) is 6.61 Å². The number of carbonyl (C=O) groups excluding carboxylic acids is 2. The van der Waals surface area contributed by atoms with Crippen molar-refractivity contribution < 1.29 is 14.3 Å². The molecule has 0 amide bonds. The predicted octanol–water partition coefficient (Wildman–Crippen LogP) is 4.21. The van der Waals surface area contributed by atoms with Crippen LogP contribution in [0.25, 0.3) is 5.57 Å². The van der Waals surface area contributed by atoms with E-state index >= 15 is 0 Å². The average Bonchev–Trinajstić information content (AvgIpc) is 2.56. The van der Waals surface area contributed by atoms with Gasteiger partial charge in [-0.3, -0.25) is 4.79 Å². The third-order valence-electron chi connectivity index (χ3n) is 3.26. The normalized spacial score (nSPS) is 10.0. The number of carbonyl (C=O) groups is 2. The Bertz CT molecular complexity index is 664. The van der Waals surface area contributed by atoms with Gasteiger partial charge in [0.05, 0.1) is 18.6 Å². The Labute approximate surface area is 140 Å². The molecule has 0 spiro atoms. The van der Waals surface area contributed by atoms with Gasteiger partial charge in [0.1, 0.15) is 0 Å².